The molecular weight excluding hydrogens is 314 g/mol. The number of rotatable bonds is 6. The van der Waals surface area contributed by atoms with Crippen LogP contribution in [0.3, 0.4) is 0 Å². The molecule has 0 saturated carbocycles. The van der Waals surface area contributed by atoms with Gasteiger partial charge in [-0.25, -0.2) is 13.1 Å². The van der Waals surface area contributed by atoms with Crippen LogP contribution in [0.1, 0.15) is 19.4 Å². The number of amides is 1. The van der Waals surface area contributed by atoms with Crippen LogP contribution in [-0.2, 0) is 14.8 Å². The lowest BCUT2D eigenvalue weighted by Crippen LogP contribution is -2.40. The molecule has 0 unspecified atom stereocenters. The predicted octanol–water partition coefficient (Wildman–Crippen LogP) is 1.38. The maximum absolute atomic E-state index is 12.3. The summed E-state index contributed by atoms with van der Waals surface area (Å²) in [5, 5.41) is 0.230. The second kappa shape index (κ2) is 7.11. The number of halogens is 1. The molecule has 0 spiro atoms. The van der Waals surface area contributed by atoms with Crippen molar-refractivity contribution in [2.24, 2.45) is 0 Å². The summed E-state index contributed by atoms with van der Waals surface area (Å²) in [5.74, 6) is -0.281. The Bertz CT molecular complexity index is 628. The average Bonchev–Trinajstić information content (AvgIpc) is 2.42. The fourth-order valence-corrected chi connectivity index (χ4v) is 3.44. The molecule has 8 heteroatoms. The van der Waals surface area contributed by atoms with E-state index in [4.69, 9.17) is 17.3 Å². The number of nitrogens with one attached hydrogen (secondary N) is 1. The van der Waals surface area contributed by atoms with Crippen molar-refractivity contribution in [3.05, 3.63) is 22.7 Å². The zero-order valence-electron chi connectivity index (χ0n) is 12.3. The second-order valence-electron chi connectivity index (χ2n) is 4.51. The second-order valence-corrected chi connectivity index (χ2v) is 6.68. The summed E-state index contributed by atoms with van der Waals surface area (Å²) in [6.07, 6.45) is 0. The van der Waals surface area contributed by atoms with Gasteiger partial charge in [0.05, 0.1) is 11.4 Å². The van der Waals surface area contributed by atoms with Crippen molar-refractivity contribution in [1.82, 2.24) is 9.62 Å². The molecular formula is C13H20ClN3O3S. The molecule has 0 aliphatic heterocycles. The molecule has 6 nitrogen and oxygen atoms in total. The van der Waals surface area contributed by atoms with Gasteiger partial charge < -0.3 is 10.6 Å². The van der Waals surface area contributed by atoms with Gasteiger partial charge in [-0.3, -0.25) is 4.79 Å². The molecule has 3 N–H and O–H groups in total. The van der Waals surface area contributed by atoms with E-state index in [1.54, 1.807) is 11.8 Å². The molecule has 0 atom stereocenters. The minimum absolute atomic E-state index is 0.0140. The van der Waals surface area contributed by atoms with Gasteiger partial charge in [0.2, 0.25) is 15.9 Å². The molecule has 0 bridgehead atoms. The van der Waals surface area contributed by atoms with Gasteiger partial charge in [0, 0.05) is 23.8 Å². The Kier molecular flexibility index (Phi) is 6.00. The number of hydrogen-bond acceptors (Lipinski definition) is 4. The van der Waals surface area contributed by atoms with E-state index in [0.717, 1.165) is 0 Å². The Morgan fingerprint density at radius 2 is 1.90 bits per heavy atom. The summed E-state index contributed by atoms with van der Waals surface area (Å²) in [7, 11) is -3.84. The lowest BCUT2D eigenvalue weighted by molar-refractivity contribution is -0.129. The van der Waals surface area contributed by atoms with Crippen LogP contribution >= 0.6 is 11.6 Å². The molecule has 0 aliphatic carbocycles. The number of nitrogens with two attached hydrogens (primary N) is 1. The number of anilines is 1. The highest BCUT2D eigenvalue weighted by Gasteiger charge is 2.21. The van der Waals surface area contributed by atoms with Crippen molar-refractivity contribution in [3.8, 4) is 0 Å². The molecule has 0 fully saturated rings. The molecule has 1 amide bonds. The van der Waals surface area contributed by atoms with Gasteiger partial charge in [0.15, 0.2) is 0 Å². The molecule has 21 heavy (non-hydrogen) atoms. The maximum Gasteiger partial charge on any atom is 0.241 e. The highest BCUT2D eigenvalue weighted by Crippen LogP contribution is 2.25. The minimum Gasteiger partial charge on any atom is -0.398 e. The summed E-state index contributed by atoms with van der Waals surface area (Å²) >= 11 is 5.84. The van der Waals surface area contributed by atoms with Gasteiger partial charge in [-0.2, -0.15) is 0 Å². The molecule has 0 heterocycles. The average molecular weight is 334 g/mol. The third kappa shape index (κ3) is 4.33. The fraction of sp³-hybridized carbons (Fsp3) is 0.462. The first-order valence-electron chi connectivity index (χ1n) is 6.56. The Morgan fingerprint density at radius 1 is 1.33 bits per heavy atom. The lowest BCUT2D eigenvalue weighted by Gasteiger charge is -2.19. The maximum atomic E-state index is 12.3. The van der Waals surface area contributed by atoms with Crippen molar-refractivity contribution in [1.29, 1.82) is 0 Å². The van der Waals surface area contributed by atoms with Gasteiger partial charge in [-0.1, -0.05) is 11.6 Å². The van der Waals surface area contributed by atoms with E-state index in [1.165, 1.54) is 12.1 Å². The van der Waals surface area contributed by atoms with Crippen molar-refractivity contribution in [2.45, 2.75) is 25.7 Å². The quantitative estimate of drug-likeness (QED) is 0.769. The van der Waals surface area contributed by atoms with Crippen LogP contribution in [0, 0.1) is 6.92 Å². The third-order valence-electron chi connectivity index (χ3n) is 3.18. The number of likely N-dealkylation sites (N-methyl/N-ethyl adjacent to an activating group) is 1. The first-order valence-corrected chi connectivity index (χ1v) is 8.42. The van der Waals surface area contributed by atoms with Crippen LogP contribution in [0.2, 0.25) is 5.02 Å². The van der Waals surface area contributed by atoms with Crippen LogP contribution in [0.4, 0.5) is 5.69 Å². The summed E-state index contributed by atoms with van der Waals surface area (Å²) in [5.41, 5.74) is 6.41. The van der Waals surface area contributed by atoms with Gasteiger partial charge >= 0.3 is 0 Å². The van der Waals surface area contributed by atoms with Gasteiger partial charge in [-0.05, 0) is 38.5 Å². The normalized spacial score (nSPS) is 11.4. The number of sulfonamides is 1. The molecule has 0 aliphatic rings. The predicted molar refractivity (Wildman–Crippen MR) is 83.7 cm³/mol. The van der Waals surface area contributed by atoms with Crippen LogP contribution in [0.15, 0.2) is 17.0 Å². The lowest BCUT2D eigenvalue weighted by atomic mass is 10.2. The van der Waals surface area contributed by atoms with Crippen molar-refractivity contribution >= 4 is 33.2 Å². The van der Waals surface area contributed by atoms with Crippen LogP contribution in [0.25, 0.3) is 0 Å². The number of carbonyl (C=O) groups excluding carboxylic acids is 1. The monoisotopic (exact) mass is 333 g/mol. The number of nitrogen functional groups attached to an aromatic ring is 1. The van der Waals surface area contributed by atoms with Crippen molar-refractivity contribution in [3.63, 3.8) is 0 Å². The standard InChI is InChI=1S/C13H20ClN3O3S/c1-4-17(5-2)13(18)8-16-21(19,20)12-7-10(14)6-11(15)9(12)3/h6-7,16H,4-5,8,15H2,1-3H3. The van der Waals surface area contributed by atoms with E-state index in [-0.39, 0.29) is 28.1 Å². The zero-order chi connectivity index (χ0) is 16.2. The van der Waals surface area contributed by atoms with Gasteiger partial charge in [0.25, 0.3) is 0 Å². The first-order chi connectivity index (χ1) is 9.72. The SMILES string of the molecule is CCN(CC)C(=O)CNS(=O)(=O)c1cc(Cl)cc(N)c1C. The van der Waals surface area contributed by atoms with Crippen molar-refractivity contribution in [2.75, 3.05) is 25.4 Å². The largest absolute Gasteiger partial charge is 0.398 e. The van der Waals surface area contributed by atoms with Crippen molar-refractivity contribution < 1.29 is 13.2 Å². The fourth-order valence-electron chi connectivity index (χ4n) is 1.88. The highest BCUT2D eigenvalue weighted by atomic mass is 35.5. The zero-order valence-corrected chi connectivity index (χ0v) is 13.9. The summed E-state index contributed by atoms with van der Waals surface area (Å²) < 4.78 is 26.8. The summed E-state index contributed by atoms with van der Waals surface area (Å²) in [6, 6.07) is 2.80. The minimum atomic E-state index is -3.84. The van der Waals surface area contributed by atoms with E-state index >= 15 is 0 Å². The number of benzene rings is 1. The number of nitrogens with zero attached hydrogens (tertiary/aromatic N) is 1. The molecule has 0 radical (unpaired) electrons. The summed E-state index contributed by atoms with van der Waals surface area (Å²) in [6.45, 7) is 6.01. The van der Waals surface area contributed by atoms with Gasteiger partial charge in [-0.15, -0.1) is 0 Å². The van der Waals surface area contributed by atoms with E-state index in [9.17, 15) is 13.2 Å². The van der Waals surface area contributed by atoms with Crippen LogP contribution in [0.5, 0.6) is 0 Å². The van der Waals surface area contributed by atoms with Crippen LogP contribution in [-0.4, -0.2) is 38.9 Å². The van der Waals surface area contributed by atoms with E-state index in [0.29, 0.717) is 18.7 Å². The number of carbonyl (C=O) groups is 1. The number of hydrogen-bond donors (Lipinski definition) is 2. The molecule has 0 aromatic heterocycles. The third-order valence-corrected chi connectivity index (χ3v) is 4.93. The van der Waals surface area contributed by atoms with Gasteiger partial charge in [0.1, 0.15) is 0 Å². The van der Waals surface area contributed by atoms with Crippen LogP contribution < -0.4 is 10.5 Å². The molecule has 0 saturated heterocycles. The first kappa shape index (κ1) is 17.7. The van der Waals surface area contributed by atoms with E-state index in [2.05, 4.69) is 4.72 Å². The Labute approximate surface area is 130 Å². The Hall–Kier alpha value is -1.31. The molecule has 1 aromatic carbocycles. The van der Waals surface area contributed by atoms with E-state index in [1.807, 2.05) is 13.8 Å². The highest BCUT2D eigenvalue weighted by molar-refractivity contribution is 7.89. The van der Waals surface area contributed by atoms with E-state index < -0.39 is 10.0 Å². The Morgan fingerprint density at radius 3 is 2.43 bits per heavy atom. The Balaban J connectivity index is 2.96. The molecule has 118 valence electrons. The summed E-state index contributed by atoms with van der Waals surface area (Å²) in [4.78, 5) is 13.4. The smallest absolute Gasteiger partial charge is 0.241 e. The topological polar surface area (TPSA) is 92.5 Å². The molecule has 1 aromatic rings. The molecule has 1 rings (SSSR count).